The monoisotopic (exact) mass is 311 g/mol. The van der Waals surface area contributed by atoms with Crippen molar-refractivity contribution in [3.63, 3.8) is 0 Å². The summed E-state index contributed by atoms with van der Waals surface area (Å²) in [7, 11) is 0. The van der Waals surface area contributed by atoms with Crippen LogP contribution in [0.15, 0.2) is 29.2 Å². The summed E-state index contributed by atoms with van der Waals surface area (Å²) in [5, 5.41) is 13.5. The zero-order valence-corrected chi connectivity index (χ0v) is 13.8. The van der Waals surface area contributed by atoms with Gasteiger partial charge in [-0.15, -0.1) is 11.8 Å². The summed E-state index contributed by atoms with van der Waals surface area (Å²) >= 11 is 1.70. The van der Waals surface area contributed by atoms with Crippen molar-refractivity contribution >= 4 is 11.8 Å². The fraction of sp³-hybridized carbons (Fsp3) is 0.647. The number of rotatable bonds is 7. The molecule has 0 heterocycles. The first-order valence-electron chi connectivity index (χ1n) is 7.83. The summed E-state index contributed by atoms with van der Waals surface area (Å²) in [5.74, 6) is 1.30. The number of aliphatic hydroxyl groups excluding tert-OH is 1. The molecular weight excluding hydrogens is 285 g/mol. The lowest BCUT2D eigenvalue weighted by molar-refractivity contribution is 0.113. The second kappa shape index (κ2) is 7.61. The smallest absolute Gasteiger partial charge is 0.124 e. The molecule has 0 aliphatic heterocycles. The van der Waals surface area contributed by atoms with Crippen molar-refractivity contribution in [2.24, 2.45) is 5.92 Å². The highest BCUT2D eigenvalue weighted by molar-refractivity contribution is 7.99. The minimum atomic E-state index is -0.174. The van der Waals surface area contributed by atoms with E-state index in [0.717, 1.165) is 23.5 Å². The quantitative estimate of drug-likeness (QED) is 0.751. The molecule has 0 spiro atoms. The van der Waals surface area contributed by atoms with Gasteiger partial charge in [0.15, 0.2) is 0 Å². The molecule has 0 saturated heterocycles. The summed E-state index contributed by atoms with van der Waals surface area (Å²) in [6, 6.07) is 7.16. The number of hydrogen-bond donors (Lipinski definition) is 2. The average Bonchev–Trinajstić information content (AvgIpc) is 2.82. The SMILES string of the molecule is CC(C)NC1(CO)CCCC1CCSc1cccc(F)c1. The molecule has 21 heavy (non-hydrogen) atoms. The lowest BCUT2D eigenvalue weighted by atomic mass is 9.85. The molecule has 1 aromatic carbocycles. The second-order valence-electron chi connectivity index (χ2n) is 6.30. The largest absolute Gasteiger partial charge is 0.394 e. The third-order valence-corrected chi connectivity index (χ3v) is 5.37. The Labute approximate surface area is 131 Å². The van der Waals surface area contributed by atoms with Crippen LogP contribution in [-0.4, -0.2) is 29.0 Å². The Hall–Kier alpha value is -0.580. The summed E-state index contributed by atoms with van der Waals surface area (Å²) in [4.78, 5) is 0.986. The van der Waals surface area contributed by atoms with E-state index in [2.05, 4.69) is 19.2 Å². The molecule has 0 amide bonds. The molecule has 0 radical (unpaired) electrons. The Balaban J connectivity index is 1.89. The van der Waals surface area contributed by atoms with Crippen LogP contribution in [0.3, 0.4) is 0 Å². The van der Waals surface area contributed by atoms with Crippen LogP contribution in [0.4, 0.5) is 4.39 Å². The average molecular weight is 311 g/mol. The van der Waals surface area contributed by atoms with E-state index in [1.807, 2.05) is 6.07 Å². The van der Waals surface area contributed by atoms with Crippen molar-refractivity contribution in [1.82, 2.24) is 5.32 Å². The van der Waals surface area contributed by atoms with Crippen molar-refractivity contribution in [3.05, 3.63) is 30.1 Å². The molecule has 4 heteroatoms. The number of benzene rings is 1. The lowest BCUT2D eigenvalue weighted by Gasteiger charge is -2.37. The first kappa shape index (κ1) is 16.8. The molecule has 1 aliphatic rings. The molecule has 2 N–H and O–H groups in total. The topological polar surface area (TPSA) is 32.3 Å². The van der Waals surface area contributed by atoms with Gasteiger partial charge in [0.1, 0.15) is 5.82 Å². The summed E-state index contributed by atoms with van der Waals surface area (Å²) in [6.07, 6.45) is 4.46. The molecule has 2 rings (SSSR count). The Morgan fingerprint density at radius 2 is 2.29 bits per heavy atom. The predicted molar refractivity (Wildman–Crippen MR) is 87.2 cm³/mol. The fourth-order valence-corrected chi connectivity index (χ4v) is 4.47. The molecule has 0 bridgehead atoms. The van der Waals surface area contributed by atoms with Crippen molar-refractivity contribution in [1.29, 1.82) is 0 Å². The Morgan fingerprint density at radius 1 is 1.48 bits per heavy atom. The minimum absolute atomic E-state index is 0.114. The molecule has 0 aromatic heterocycles. The summed E-state index contributed by atoms with van der Waals surface area (Å²) < 4.78 is 13.2. The van der Waals surface area contributed by atoms with E-state index in [1.54, 1.807) is 23.9 Å². The normalized spacial score (nSPS) is 25.7. The van der Waals surface area contributed by atoms with Crippen molar-refractivity contribution in [2.45, 2.75) is 56.0 Å². The first-order valence-corrected chi connectivity index (χ1v) is 8.81. The molecule has 1 fully saturated rings. The van der Waals surface area contributed by atoms with Gasteiger partial charge in [-0.2, -0.15) is 0 Å². The zero-order chi connectivity index (χ0) is 15.3. The van der Waals surface area contributed by atoms with Crippen molar-refractivity contribution < 1.29 is 9.50 Å². The lowest BCUT2D eigenvalue weighted by Crippen LogP contribution is -2.54. The first-order chi connectivity index (χ1) is 10.1. The molecule has 1 aromatic rings. The van der Waals surface area contributed by atoms with E-state index < -0.39 is 0 Å². The minimum Gasteiger partial charge on any atom is -0.394 e. The van der Waals surface area contributed by atoms with E-state index in [4.69, 9.17) is 0 Å². The molecule has 118 valence electrons. The number of hydrogen-bond acceptors (Lipinski definition) is 3. The van der Waals surface area contributed by atoms with Gasteiger partial charge in [-0.05, 0) is 49.1 Å². The highest BCUT2D eigenvalue weighted by Gasteiger charge is 2.41. The maximum absolute atomic E-state index is 13.2. The second-order valence-corrected chi connectivity index (χ2v) is 7.47. The van der Waals surface area contributed by atoms with E-state index in [1.165, 1.54) is 18.9 Å². The highest BCUT2D eigenvalue weighted by Crippen LogP contribution is 2.39. The maximum atomic E-state index is 13.2. The van der Waals surface area contributed by atoms with Crippen LogP contribution < -0.4 is 5.32 Å². The molecule has 2 unspecified atom stereocenters. The predicted octanol–water partition coefficient (Wildman–Crippen LogP) is 3.84. The van der Waals surface area contributed by atoms with Crippen LogP contribution in [0.5, 0.6) is 0 Å². The van der Waals surface area contributed by atoms with Gasteiger partial charge in [-0.3, -0.25) is 0 Å². The van der Waals surface area contributed by atoms with Gasteiger partial charge >= 0.3 is 0 Å². The molecular formula is C17H26FNOS. The third kappa shape index (κ3) is 4.44. The third-order valence-electron chi connectivity index (χ3n) is 4.35. The zero-order valence-electron chi connectivity index (χ0n) is 12.9. The Kier molecular flexibility index (Phi) is 6.08. The van der Waals surface area contributed by atoms with Gasteiger partial charge in [0.25, 0.3) is 0 Å². The van der Waals surface area contributed by atoms with Gasteiger partial charge in [-0.1, -0.05) is 26.3 Å². The van der Waals surface area contributed by atoms with Gasteiger partial charge in [0.05, 0.1) is 6.61 Å². The Morgan fingerprint density at radius 3 is 2.95 bits per heavy atom. The maximum Gasteiger partial charge on any atom is 0.124 e. The summed E-state index contributed by atoms with van der Waals surface area (Å²) in [6.45, 7) is 4.48. The van der Waals surface area contributed by atoms with E-state index in [0.29, 0.717) is 12.0 Å². The van der Waals surface area contributed by atoms with Crippen LogP contribution in [0.2, 0.25) is 0 Å². The molecule has 1 aliphatic carbocycles. The van der Waals surface area contributed by atoms with Crippen LogP contribution in [0.1, 0.15) is 39.5 Å². The van der Waals surface area contributed by atoms with Gasteiger partial charge in [0, 0.05) is 16.5 Å². The standard InChI is InChI=1S/C17H26FNOS/c1-13(2)19-17(12-20)9-4-5-14(17)8-10-21-16-7-3-6-15(18)11-16/h3,6-7,11,13-14,19-20H,4-5,8-10,12H2,1-2H3. The van der Waals surface area contributed by atoms with Crippen LogP contribution in [0.25, 0.3) is 0 Å². The summed E-state index contributed by atoms with van der Waals surface area (Å²) in [5.41, 5.74) is -0.114. The van der Waals surface area contributed by atoms with E-state index in [-0.39, 0.29) is 18.0 Å². The highest BCUT2D eigenvalue weighted by atomic mass is 32.2. The van der Waals surface area contributed by atoms with Gasteiger partial charge < -0.3 is 10.4 Å². The number of nitrogens with one attached hydrogen (secondary N) is 1. The number of halogens is 1. The fourth-order valence-electron chi connectivity index (χ4n) is 3.46. The van der Waals surface area contributed by atoms with Crippen LogP contribution in [-0.2, 0) is 0 Å². The molecule has 1 saturated carbocycles. The van der Waals surface area contributed by atoms with Gasteiger partial charge in [-0.25, -0.2) is 4.39 Å². The molecule has 2 nitrogen and oxygen atoms in total. The number of aliphatic hydroxyl groups is 1. The number of thioether (sulfide) groups is 1. The van der Waals surface area contributed by atoms with Gasteiger partial charge in [0.2, 0.25) is 0 Å². The van der Waals surface area contributed by atoms with E-state index >= 15 is 0 Å². The molecule has 2 atom stereocenters. The van der Waals surface area contributed by atoms with E-state index in [9.17, 15) is 9.50 Å². The van der Waals surface area contributed by atoms with Crippen LogP contribution >= 0.6 is 11.8 Å². The van der Waals surface area contributed by atoms with Crippen LogP contribution in [0, 0.1) is 11.7 Å². The van der Waals surface area contributed by atoms with Crippen molar-refractivity contribution in [2.75, 3.05) is 12.4 Å². The Bertz CT molecular complexity index is 454. The van der Waals surface area contributed by atoms with Crippen molar-refractivity contribution in [3.8, 4) is 0 Å².